The minimum Gasteiger partial charge on any atom is -0.466 e. The number of esters is 1. The lowest BCUT2D eigenvalue weighted by molar-refractivity contribution is -0.143. The van der Waals surface area contributed by atoms with Crippen molar-refractivity contribution >= 4 is 46.6 Å². The van der Waals surface area contributed by atoms with Gasteiger partial charge < -0.3 is 4.74 Å². The molecule has 7 heteroatoms. The zero-order valence-corrected chi connectivity index (χ0v) is 14.9. The van der Waals surface area contributed by atoms with Gasteiger partial charge in [0.1, 0.15) is 0 Å². The van der Waals surface area contributed by atoms with Crippen LogP contribution in [0.2, 0.25) is 5.02 Å². The molecule has 0 aromatic heterocycles. The molecule has 0 N–H and O–H groups in total. The van der Waals surface area contributed by atoms with E-state index in [0.29, 0.717) is 42.3 Å². The first kappa shape index (κ1) is 18.5. The first-order valence-electron chi connectivity index (χ1n) is 7.68. The number of hydrogen-bond acceptors (Lipinski definition) is 5. The summed E-state index contributed by atoms with van der Waals surface area (Å²) in [4.78, 5) is 37.2. The van der Waals surface area contributed by atoms with Gasteiger partial charge in [-0.05, 0) is 55.3 Å². The molecule has 1 fully saturated rings. The van der Waals surface area contributed by atoms with Gasteiger partial charge in [-0.25, -0.2) is 0 Å². The number of ether oxygens (including phenoxy) is 1. The van der Waals surface area contributed by atoms with Gasteiger partial charge in [-0.1, -0.05) is 23.7 Å². The lowest BCUT2D eigenvalue weighted by Gasteiger charge is -2.11. The second-order valence-electron chi connectivity index (χ2n) is 5.15. The van der Waals surface area contributed by atoms with Crippen LogP contribution >= 0.6 is 23.4 Å². The number of nitrogens with zero attached hydrogens (tertiary/aromatic N) is 1. The molecule has 1 aromatic rings. The number of halogens is 1. The summed E-state index contributed by atoms with van der Waals surface area (Å²) in [6.45, 7) is 2.42. The maximum atomic E-state index is 12.3. The summed E-state index contributed by atoms with van der Waals surface area (Å²) in [5, 5.41) is 0.332. The third kappa shape index (κ3) is 5.11. The number of carbonyl (C=O) groups excluding carboxylic acids is 3. The first-order chi connectivity index (χ1) is 11.5. The van der Waals surface area contributed by atoms with Crippen molar-refractivity contribution in [2.45, 2.75) is 26.2 Å². The van der Waals surface area contributed by atoms with E-state index in [1.54, 1.807) is 37.3 Å². The number of rotatable bonds is 7. The average Bonchev–Trinajstić information content (AvgIpc) is 2.81. The van der Waals surface area contributed by atoms with Crippen LogP contribution in [0.3, 0.4) is 0 Å². The van der Waals surface area contributed by atoms with Crippen molar-refractivity contribution in [2.75, 3.05) is 13.2 Å². The molecule has 0 spiro atoms. The highest BCUT2D eigenvalue weighted by Gasteiger charge is 2.34. The topological polar surface area (TPSA) is 63.7 Å². The van der Waals surface area contributed by atoms with Gasteiger partial charge in [-0.3, -0.25) is 19.3 Å². The predicted octanol–water partition coefficient (Wildman–Crippen LogP) is 4.11. The van der Waals surface area contributed by atoms with Crippen molar-refractivity contribution < 1.29 is 19.1 Å². The molecule has 5 nitrogen and oxygen atoms in total. The molecule has 0 atom stereocenters. The van der Waals surface area contributed by atoms with Gasteiger partial charge in [-0.15, -0.1) is 0 Å². The summed E-state index contributed by atoms with van der Waals surface area (Å²) in [6.07, 6.45) is 3.13. The fourth-order valence-corrected chi connectivity index (χ4v) is 3.17. The van der Waals surface area contributed by atoms with Crippen LogP contribution < -0.4 is 0 Å². The number of amides is 2. The Kier molecular flexibility index (Phi) is 6.87. The minimum atomic E-state index is -0.295. The van der Waals surface area contributed by atoms with Crippen LogP contribution in [-0.2, 0) is 14.3 Å². The number of thioether (sulfide) groups is 1. The van der Waals surface area contributed by atoms with E-state index >= 15 is 0 Å². The third-order valence-corrected chi connectivity index (χ3v) is 4.52. The molecule has 0 bridgehead atoms. The molecule has 1 aliphatic heterocycles. The maximum Gasteiger partial charge on any atom is 0.305 e. The highest BCUT2D eigenvalue weighted by atomic mass is 35.5. The summed E-state index contributed by atoms with van der Waals surface area (Å²) in [7, 11) is 0. The molecule has 0 radical (unpaired) electrons. The van der Waals surface area contributed by atoms with Crippen LogP contribution in [0.1, 0.15) is 31.7 Å². The van der Waals surface area contributed by atoms with E-state index in [-0.39, 0.29) is 17.1 Å². The maximum absolute atomic E-state index is 12.3. The highest BCUT2D eigenvalue weighted by molar-refractivity contribution is 8.18. The number of benzene rings is 1. The second-order valence-corrected chi connectivity index (χ2v) is 6.58. The predicted molar refractivity (Wildman–Crippen MR) is 94.6 cm³/mol. The Labute approximate surface area is 150 Å². The molecule has 1 heterocycles. The SMILES string of the molecule is CCOC(=O)CCCCN1C(=O)S/C(=C\c2ccc(Cl)cc2)C1=O. The van der Waals surface area contributed by atoms with Gasteiger partial charge >= 0.3 is 5.97 Å². The Morgan fingerprint density at radius 1 is 1.25 bits per heavy atom. The van der Waals surface area contributed by atoms with Crippen LogP contribution in [0.25, 0.3) is 6.08 Å². The van der Waals surface area contributed by atoms with Crippen LogP contribution in [0.5, 0.6) is 0 Å². The molecule has 128 valence electrons. The van der Waals surface area contributed by atoms with Gasteiger partial charge in [0.15, 0.2) is 0 Å². The van der Waals surface area contributed by atoms with Crippen molar-refractivity contribution in [3.63, 3.8) is 0 Å². The largest absolute Gasteiger partial charge is 0.466 e. The van der Waals surface area contributed by atoms with Crippen molar-refractivity contribution in [1.29, 1.82) is 0 Å². The third-order valence-electron chi connectivity index (χ3n) is 3.36. The van der Waals surface area contributed by atoms with Crippen molar-refractivity contribution in [1.82, 2.24) is 4.90 Å². The van der Waals surface area contributed by atoms with Gasteiger partial charge in [0, 0.05) is 18.0 Å². The van der Waals surface area contributed by atoms with E-state index in [9.17, 15) is 14.4 Å². The molecular weight excluding hydrogens is 350 g/mol. The minimum absolute atomic E-state index is 0.255. The first-order valence-corrected chi connectivity index (χ1v) is 8.87. The van der Waals surface area contributed by atoms with Gasteiger partial charge in [-0.2, -0.15) is 0 Å². The van der Waals surface area contributed by atoms with E-state index in [2.05, 4.69) is 0 Å². The molecule has 0 saturated carbocycles. The number of unbranched alkanes of at least 4 members (excludes halogenated alkanes) is 1. The Hall–Kier alpha value is -1.79. The Bertz CT molecular complexity index is 657. The number of imide groups is 1. The van der Waals surface area contributed by atoms with Crippen molar-refractivity contribution in [3.8, 4) is 0 Å². The molecule has 24 heavy (non-hydrogen) atoms. The zero-order chi connectivity index (χ0) is 17.5. The normalized spacial score (nSPS) is 16.1. The highest BCUT2D eigenvalue weighted by Crippen LogP contribution is 2.32. The van der Waals surface area contributed by atoms with Crippen molar-refractivity contribution in [3.05, 3.63) is 39.8 Å². The van der Waals surface area contributed by atoms with Crippen molar-refractivity contribution in [2.24, 2.45) is 0 Å². The van der Waals surface area contributed by atoms with Gasteiger partial charge in [0.05, 0.1) is 11.5 Å². The molecule has 1 aliphatic rings. The zero-order valence-electron chi connectivity index (χ0n) is 13.3. The Morgan fingerprint density at radius 3 is 2.62 bits per heavy atom. The van der Waals surface area contributed by atoms with Crippen LogP contribution in [0.4, 0.5) is 4.79 Å². The van der Waals surface area contributed by atoms with Crippen LogP contribution in [0, 0.1) is 0 Å². The quantitative estimate of drug-likeness (QED) is 0.412. The van der Waals surface area contributed by atoms with Gasteiger partial charge in [0.25, 0.3) is 11.1 Å². The summed E-state index contributed by atoms with van der Waals surface area (Å²) >= 11 is 6.76. The van der Waals surface area contributed by atoms with Crippen LogP contribution in [-0.4, -0.2) is 35.2 Å². The summed E-state index contributed by atoms with van der Waals surface area (Å²) in [6, 6.07) is 7.03. The Balaban J connectivity index is 1.89. The van der Waals surface area contributed by atoms with E-state index in [1.807, 2.05) is 0 Å². The fourth-order valence-electron chi connectivity index (χ4n) is 2.18. The molecule has 0 aliphatic carbocycles. The molecule has 0 unspecified atom stereocenters. The molecule has 1 saturated heterocycles. The van der Waals surface area contributed by atoms with E-state index in [1.165, 1.54) is 4.90 Å². The summed E-state index contributed by atoms with van der Waals surface area (Å²) in [5.41, 5.74) is 0.812. The molecule has 1 aromatic carbocycles. The number of hydrogen-bond donors (Lipinski definition) is 0. The standard InChI is InChI=1S/C17H18ClNO4S/c1-2-23-15(20)5-3-4-10-19-16(21)14(24-17(19)22)11-12-6-8-13(18)9-7-12/h6-9,11H,2-5,10H2,1H3/b14-11-. The summed E-state index contributed by atoms with van der Waals surface area (Å²) in [5.74, 6) is -0.551. The lowest BCUT2D eigenvalue weighted by Crippen LogP contribution is -2.29. The lowest BCUT2D eigenvalue weighted by atomic mass is 10.2. The molecular formula is C17H18ClNO4S. The fraction of sp³-hybridized carbons (Fsp3) is 0.353. The van der Waals surface area contributed by atoms with E-state index < -0.39 is 0 Å². The molecule has 2 rings (SSSR count). The number of carbonyl (C=O) groups is 3. The van der Waals surface area contributed by atoms with Gasteiger partial charge in [0.2, 0.25) is 0 Å². The second kappa shape index (κ2) is 8.89. The monoisotopic (exact) mass is 367 g/mol. The van der Waals surface area contributed by atoms with Crippen LogP contribution in [0.15, 0.2) is 29.2 Å². The molecule has 2 amide bonds. The van der Waals surface area contributed by atoms with E-state index in [0.717, 1.165) is 17.3 Å². The summed E-state index contributed by atoms with van der Waals surface area (Å²) < 4.78 is 4.84. The average molecular weight is 368 g/mol. The Morgan fingerprint density at radius 2 is 1.96 bits per heavy atom. The van der Waals surface area contributed by atoms with E-state index in [4.69, 9.17) is 16.3 Å². The smallest absolute Gasteiger partial charge is 0.305 e.